The first kappa shape index (κ1) is 14.7. The highest BCUT2D eigenvalue weighted by molar-refractivity contribution is 6.01. The summed E-state index contributed by atoms with van der Waals surface area (Å²) in [5, 5.41) is 0. The minimum atomic E-state index is 0.339. The Hall–Kier alpha value is -1.75. The third-order valence-corrected chi connectivity index (χ3v) is 3.68. The van der Waals surface area contributed by atoms with Gasteiger partial charge in [0.1, 0.15) is 17.3 Å². The van der Waals surface area contributed by atoms with Crippen molar-refractivity contribution in [1.29, 1.82) is 0 Å². The van der Waals surface area contributed by atoms with Crippen molar-refractivity contribution in [2.45, 2.75) is 38.1 Å². The van der Waals surface area contributed by atoms with Crippen LogP contribution in [-0.4, -0.2) is 26.1 Å². The van der Waals surface area contributed by atoms with Gasteiger partial charge < -0.3 is 14.9 Å². The van der Waals surface area contributed by atoms with Crippen molar-refractivity contribution in [3.8, 4) is 11.5 Å². The fourth-order valence-electron chi connectivity index (χ4n) is 2.58. The molecule has 2 rings (SSSR count). The molecule has 1 aliphatic rings. The Morgan fingerprint density at radius 3 is 2.55 bits per heavy atom. The maximum Gasteiger partial charge on any atom is 0.146 e. The number of aliphatic imine (C=N–C) groups is 1. The molecule has 1 aromatic rings. The number of rotatable bonds is 4. The van der Waals surface area contributed by atoms with E-state index in [2.05, 4.69) is 5.43 Å². The molecule has 0 unspecified atom stereocenters. The quantitative estimate of drug-likeness (QED) is 0.383. The predicted molar refractivity (Wildman–Crippen MR) is 80.3 cm³/mol. The second-order valence-electron chi connectivity index (χ2n) is 4.98. The topological polar surface area (TPSA) is 68.9 Å². The fourth-order valence-corrected chi connectivity index (χ4v) is 2.58. The number of nitrogens with two attached hydrogens (primary N) is 1. The zero-order valence-electron chi connectivity index (χ0n) is 12.2. The maximum atomic E-state index is 5.66. The number of benzene rings is 1. The van der Waals surface area contributed by atoms with Crippen LogP contribution in [0.5, 0.6) is 11.5 Å². The molecule has 0 heterocycles. The third kappa shape index (κ3) is 3.42. The highest BCUT2D eigenvalue weighted by Crippen LogP contribution is 2.26. The summed E-state index contributed by atoms with van der Waals surface area (Å²) >= 11 is 0. The molecule has 1 fully saturated rings. The second-order valence-corrected chi connectivity index (χ2v) is 4.98. The molecule has 0 aromatic heterocycles. The lowest BCUT2D eigenvalue weighted by Crippen LogP contribution is -2.33. The average molecular weight is 277 g/mol. The summed E-state index contributed by atoms with van der Waals surface area (Å²) in [6.07, 6.45) is 6.03. The van der Waals surface area contributed by atoms with Gasteiger partial charge in [0.15, 0.2) is 0 Å². The van der Waals surface area contributed by atoms with Crippen LogP contribution in [0, 0.1) is 0 Å². The van der Waals surface area contributed by atoms with Gasteiger partial charge >= 0.3 is 0 Å². The lowest BCUT2D eigenvalue weighted by atomic mass is 9.96. The van der Waals surface area contributed by atoms with Crippen LogP contribution in [0.1, 0.15) is 37.7 Å². The molecule has 3 N–H and O–H groups in total. The Bertz CT molecular complexity index is 468. The van der Waals surface area contributed by atoms with Crippen LogP contribution >= 0.6 is 0 Å². The SMILES string of the molecule is COc1ccc(OC)c(C(=NC2CCCCC2)NN)c1. The van der Waals surface area contributed by atoms with E-state index in [1.807, 2.05) is 18.2 Å². The van der Waals surface area contributed by atoms with Gasteiger partial charge in [-0.3, -0.25) is 4.99 Å². The first-order valence-electron chi connectivity index (χ1n) is 7.05. The van der Waals surface area contributed by atoms with Crippen LogP contribution in [-0.2, 0) is 0 Å². The van der Waals surface area contributed by atoms with Crippen molar-refractivity contribution < 1.29 is 9.47 Å². The van der Waals surface area contributed by atoms with E-state index in [4.69, 9.17) is 20.3 Å². The summed E-state index contributed by atoms with van der Waals surface area (Å²) in [6, 6.07) is 5.95. The smallest absolute Gasteiger partial charge is 0.146 e. The summed E-state index contributed by atoms with van der Waals surface area (Å²) < 4.78 is 10.6. The Labute approximate surface area is 120 Å². The Morgan fingerprint density at radius 1 is 1.20 bits per heavy atom. The van der Waals surface area contributed by atoms with Crippen LogP contribution in [0.15, 0.2) is 23.2 Å². The first-order chi connectivity index (χ1) is 9.78. The van der Waals surface area contributed by atoms with Gasteiger partial charge in [0.05, 0.1) is 25.8 Å². The second kappa shape index (κ2) is 7.14. The molecule has 0 bridgehead atoms. The average Bonchev–Trinajstić information content (AvgIpc) is 2.53. The van der Waals surface area contributed by atoms with E-state index in [0.29, 0.717) is 11.9 Å². The molecule has 5 heteroatoms. The number of hydrazine groups is 1. The molecule has 1 aliphatic carbocycles. The summed E-state index contributed by atoms with van der Waals surface area (Å²) in [6.45, 7) is 0. The summed E-state index contributed by atoms with van der Waals surface area (Å²) in [5.74, 6) is 7.81. The fraction of sp³-hybridized carbons (Fsp3) is 0.533. The molecule has 0 spiro atoms. The van der Waals surface area contributed by atoms with Gasteiger partial charge in [0.25, 0.3) is 0 Å². The zero-order valence-corrected chi connectivity index (χ0v) is 12.2. The lowest BCUT2D eigenvalue weighted by Gasteiger charge is -2.20. The molecule has 110 valence electrons. The van der Waals surface area contributed by atoms with Gasteiger partial charge in [0, 0.05) is 0 Å². The van der Waals surface area contributed by atoms with E-state index >= 15 is 0 Å². The molecule has 0 amide bonds. The van der Waals surface area contributed by atoms with Crippen LogP contribution in [0.4, 0.5) is 0 Å². The van der Waals surface area contributed by atoms with Gasteiger partial charge in [-0.15, -0.1) is 0 Å². The molecule has 20 heavy (non-hydrogen) atoms. The van der Waals surface area contributed by atoms with Crippen LogP contribution in [0.2, 0.25) is 0 Å². The number of ether oxygens (including phenoxy) is 2. The first-order valence-corrected chi connectivity index (χ1v) is 7.05. The van der Waals surface area contributed by atoms with E-state index < -0.39 is 0 Å². The molecule has 0 aliphatic heterocycles. The zero-order chi connectivity index (χ0) is 14.4. The minimum absolute atomic E-state index is 0.339. The van der Waals surface area contributed by atoms with Crippen molar-refractivity contribution in [2.24, 2.45) is 10.8 Å². The number of amidine groups is 1. The molecule has 1 saturated carbocycles. The van der Waals surface area contributed by atoms with Crippen LogP contribution in [0.25, 0.3) is 0 Å². The molecule has 5 nitrogen and oxygen atoms in total. The Balaban J connectivity index is 2.31. The molecular weight excluding hydrogens is 254 g/mol. The Kier molecular flexibility index (Phi) is 5.24. The molecule has 0 radical (unpaired) electrons. The number of nitrogens with one attached hydrogen (secondary N) is 1. The van der Waals surface area contributed by atoms with Crippen molar-refractivity contribution in [1.82, 2.24) is 5.43 Å². The van der Waals surface area contributed by atoms with Gasteiger partial charge in [-0.2, -0.15) is 0 Å². The molecule has 0 atom stereocenters. The third-order valence-electron chi connectivity index (χ3n) is 3.68. The predicted octanol–water partition coefficient (Wildman–Crippen LogP) is 2.25. The highest BCUT2D eigenvalue weighted by Gasteiger charge is 2.16. The van der Waals surface area contributed by atoms with E-state index in [1.165, 1.54) is 19.3 Å². The van der Waals surface area contributed by atoms with E-state index in [-0.39, 0.29) is 0 Å². The van der Waals surface area contributed by atoms with E-state index in [9.17, 15) is 0 Å². The van der Waals surface area contributed by atoms with Crippen molar-refractivity contribution in [3.63, 3.8) is 0 Å². The highest BCUT2D eigenvalue weighted by atomic mass is 16.5. The van der Waals surface area contributed by atoms with Crippen molar-refractivity contribution >= 4 is 5.84 Å². The molecule has 1 aromatic carbocycles. The lowest BCUT2D eigenvalue weighted by molar-refractivity contribution is 0.402. The number of nitrogens with zero attached hydrogens (tertiary/aromatic N) is 1. The monoisotopic (exact) mass is 277 g/mol. The van der Waals surface area contributed by atoms with Crippen molar-refractivity contribution in [2.75, 3.05) is 14.2 Å². The van der Waals surface area contributed by atoms with Gasteiger partial charge in [-0.1, -0.05) is 19.3 Å². The normalized spacial score (nSPS) is 16.9. The molecular formula is C15H23N3O2. The van der Waals surface area contributed by atoms with Gasteiger partial charge in [-0.05, 0) is 31.0 Å². The summed E-state index contributed by atoms with van der Waals surface area (Å²) in [7, 11) is 3.28. The minimum Gasteiger partial charge on any atom is -0.497 e. The number of methoxy groups -OCH3 is 2. The summed E-state index contributed by atoms with van der Waals surface area (Å²) in [4.78, 5) is 4.75. The number of hydrogen-bond acceptors (Lipinski definition) is 4. The van der Waals surface area contributed by atoms with Crippen molar-refractivity contribution in [3.05, 3.63) is 23.8 Å². The van der Waals surface area contributed by atoms with Crippen LogP contribution in [0.3, 0.4) is 0 Å². The van der Waals surface area contributed by atoms with E-state index in [1.54, 1.807) is 14.2 Å². The largest absolute Gasteiger partial charge is 0.497 e. The van der Waals surface area contributed by atoms with Gasteiger partial charge in [-0.25, -0.2) is 5.84 Å². The Morgan fingerprint density at radius 2 is 1.95 bits per heavy atom. The standard InChI is InChI=1S/C15H23N3O2/c1-19-12-8-9-14(20-2)13(10-12)15(18-16)17-11-6-4-3-5-7-11/h8-11H,3-7,16H2,1-2H3,(H,17,18). The van der Waals surface area contributed by atoms with Gasteiger partial charge in [0.2, 0.25) is 0 Å². The number of hydrogen-bond donors (Lipinski definition) is 2. The maximum absolute atomic E-state index is 5.66. The van der Waals surface area contributed by atoms with E-state index in [0.717, 1.165) is 29.9 Å². The summed E-state index contributed by atoms with van der Waals surface area (Å²) in [5.41, 5.74) is 3.54. The molecule has 0 saturated heterocycles. The van der Waals surface area contributed by atoms with Crippen LogP contribution < -0.4 is 20.7 Å².